The molecule has 336 valence electrons. The van der Waals surface area contributed by atoms with E-state index in [0.29, 0.717) is 50.9 Å². The average Bonchev–Trinajstić information content (AvgIpc) is 3.85. The lowest BCUT2D eigenvalue weighted by Gasteiger charge is -2.30. The molecule has 62 heavy (non-hydrogen) atoms. The number of aromatic nitrogens is 6. The van der Waals surface area contributed by atoms with E-state index in [-0.39, 0.29) is 18.6 Å². The molecule has 4 heterocycles. The van der Waals surface area contributed by atoms with Gasteiger partial charge in [-0.2, -0.15) is 0 Å². The summed E-state index contributed by atoms with van der Waals surface area (Å²) in [5.41, 5.74) is 4.99. The SMILES string of the molecule is CC(C)(C)OC(=O)NC(C)(C)C(=O)N[C@H](COCc1ccccc1)c1nnc2n1CCCC2C(=O)O.CC(C)(N)C(=O)N[C@H](COCc1ccccc1)c1nnc2n1CCCC2. The molecule has 0 saturated carbocycles. The number of carbonyl (C=O) groups is 4. The van der Waals surface area contributed by atoms with Crippen LogP contribution in [0.5, 0.6) is 0 Å². The molecule has 18 nitrogen and oxygen atoms in total. The van der Waals surface area contributed by atoms with Gasteiger partial charge in [0.2, 0.25) is 11.8 Å². The molecule has 1 unspecified atom stereocenters. The van der Waals surface area contributed by atoms with Crippen LogP contribution in [0.1, 0.15) is 127 Å². The highest BCUT2D eigenvalue weighted by Gasteiger charge is 2.37. The number of carbonyl (C=O) groups excluding carboxylic acids is 3. The maximum absolute atomic E-state index is 13.3. The van der Waals surface area contributed by atoms with Crippen molar-refractivity contribution in [2.24, 2.45) is 5.73 Å². The number of amides is 3. The quantitative estimate of drug-likeness (QED) is 0.103. The molecule has 2 aromatic heterocycles. The molecule has 2 aliphatic heterocycles. The van der Waals surface area contributed by atoms with Crippen molar-refractivity contribution in [1.29, 1.82) is 0 Å². The van der Waals surface area contributed by atoms with Gasteiger partial charge in [0, 0.05) is 19.5 Å². The summed E-state index contributed by atoms with van der Waals surface area (Å²) >= 11 is 0. The smallest absolute Gasteiger partial charge is 0.408 e. The highest BCUT2D eigenvalue weighted by Crippen LogP contribution is 2.29. The Bertz CT molecular complexity index is 2110. The Balaban J connectivity index is 0.000000246. The minimum absolute atomic E-state index is 0.0685. The highest BCUT2D eigenvalue weighted by molar-refractivity contribution is 5.89. The number of aryl methyl sites for hydroxylation is 1. The summed E-state index contributed by atoms with van der Waals surface area (Å²) in [6.45, 7) is 14.3. The first-order chi connectivity index (χ1) is 29.3. The number of ether oxygens (including phenoxy) is 3. The summed E-state index contributed by atoms with van der Waals surface area (Å²) in [4.78, 5) is 49.7. The third kappa shape index (κ3) is 13.4. The summed E-state index contributed by atoms with van der Waals surface area (Å²) in [5, 5.41) is 35.1. The molecule has 0 saturated heterocycles. The van der Waals surface area contributed by atoms with Crippen LogP contribution < -0.4 is 21.7 Å². The number of aliphatic carboxylic acids is 1. The Kier molecular flexibility index (Phi) is 16.0. The maximum Gasteiger partial charge on any atom is 0.408 e. The van der Waals surface area contributed by atoms with Crippen LogP contribution >= 0.6 is 0 Å². The van der Waals surface area contributed by atoms with Gasteiger partial charge in [0.15, 0.2) is 11.6 Å². The largest absolute Gasteiger partial charge is 0.481 e. The van der Waals surface area contributed by atoms with Crippen molar-refractivity contribution in [3.8, 4) is 0 Å². The number of rotatable bonds is 16. The number of carboxylic acids is 1. The number of hydrogen-bond donors (Lipinski definition) is 5. The van der Waals surface area contributed by atoms with Gasteiger partial charge in [0.05, 0.1) is 32.0 Å². The van der Waals surface area contributed by atoms with Crippen molar-refractivity contribution in [2.75, 3.05) is 13.2 Å². The fourth-order valence-corrected chi connectivity index (χ4v) is 6.88. The molecule has 0 bridgehead atoms. The number of nitrogens with two attached hydrogens (primary N) is 1. The Morgan fingerprint density at radius 2 is 1.27 bits per heavy atom. The van der Waals surface area contributed by atoms with Crippen molar-refractivity contribution in [3.05, 3.63) is 95.1 Å². The van der Waals surface area contributed by atoms with E-state index in [1.165, 1.54) is 0 Å². The number of nitrogens with zero attached hydrogens (tertiary/aromatic N) is 6. The zero-order valence-corrected chi connectivity index (χ0v) is 36.8. The zero-order valence-electron chi connectivity index (χ0n) is 36.8. The molecule has 0 aliphatic carbocycles. The number of alkyl carbamates (subject to hydrolysis) is 1. The molecule has 0 radical (unpaired) electrons. The van der Waals surface area contributed by atoms with Gasteiger partial charge >= 0.3 is 12.1 Å². The van der Waals surface area contributed by atoms with Crippen LogP contribution in [-0.2, 0) is 61.3 Å². The minimum Gasteiger partial charge on any atom is -0.481 e. The van der Waals surface area contributed by atoms with Gasteiger partial charge in [-0.25, -0.2) is 4.79 Å². The van der Waals surface area contributed by atoms with Crippen molar-refractivity contribution in [1.82, 2.24) is 45.5 Å². The molecular weight excluding hydrogens is 797 g/mol. The van der Waals surface area contributed by atoms with Crippen molar-refractivity contribution >= 4 is 23.9 Å². The Hall–Kier alpha value is -5.72. The molecule has 2 aromatic carbocycles. The fourth-order valence-electron chi connectivity index (χ4n) is 6.88. The van der Waals surface area contributed by atoms with Crippen LogP contribution in [0.15, 0.2) is 60.7 Å². The fraction of sp³-hybridized carbons (Fsp3) is 0.545. The third-order valence-electron chi connectivity index (χ3n) is 10.2. The first-order valence-corrected chi connectivity index (χ1v) is 21.1. The van der Waals surface area contributed by atoms with E-state index in [1.54, 1.807) is 53.0 Å². The van der Waals surface area contributed by atoms with E-state index in [0.717, 1.165) is 48.6 Å². The van der Waals surface area contributed by atoms with E-state index < -0.39 is 46.6 Å². The Morgan fingerprint density at radius 3 is 1.82 bits per heavy atom. The van der Waals surface area contributed by atoms with Gasteiger partial charge < -0.3 is 50.1 Å². The Labute approximate surface area is 362 Å². The summed E-state index contributed by atoms with van der Waals surface area (Å²) in [6.07, 6.45) is 3.53. The second-order valence-corrected chi connectivity index (χ2v) is 17.7. The summed E-state index contributed by atoms with van der Waals surface area (Å²) in [7, 11) is 0. The first kappa shape index (κ1) is 47.3. The monoisotopic (exact) mass is 858 g/mol. The molecule has 0 fully saturated rings. The average molecular weight is 859 g/mol. The second kappa shape index (κ2) is 20.9. The van der Waals surface area contributed by atoms with E-state index in [9.17, 15) is 24.3 Å². The van der Waals surface area contributed by atoms with Crippen LogP contribution in [0, 0.1) is 0 Å². The minimum atomic E-state index is -1.31. The summed E-state index contributed by atoms with van der Waals surface area (Å²) in [6, 6.07) is 18.4. The third-order valence-corrected chi connectivity index (χ3v) is 10.2. The highest BCUT2D eigenvalue weighted by atomic mass is 16.6. The van der Waals surface area contributed by atoms with Gasteiger partial charge in [-0.1, -0.05) is 60.7 Å². The lowest BCUT2D eigenvalue weighted by atomic mass is 9.99. The van der Waals surface area contributed by atoms with Gasteiger partial charge in [-0.05, 0) is 85.3 Å². The van der Waals surface area contributed by atoms with Gasteiger partial charge in [0.1, 0.15) is 40.8 Å². The van der Waals surface area contributed by atoms with Crippen molar-refractivity contribution in [3.63, 3.8) is 0 Å². The maximum atomic E-state index is 13.3. The predicted molar refractivity (Wildman–Crippen MR) is 228 cm³/mol. The lowest BCUT2D eigenvalue weighted by molar-refractivity contribution is -0.139. The van der Waals surface area contributed by atoms with E-state index in [1.807, 2.05) is 60.7 Å². The van der Waals surface area contributed by atoms with Gasteiger partial charge in [-0.3, -0.25) is 14.4 Å². The van der Waals surface area contributed by atoms with E-state index in [4.69, 9.17) is 19.9 Å². The summed E-state index contributed by atoms with van der Waals surface area (Å²) < 4.78 is 20.9. The van der Waals surface area contributed by atoms with Crippen molar-refractivity contribution < 1.29 is 38.5 Å². The van der Waals surface area contributed by atoms with E-state index in [2.05, 4.69) is 40.9 Å². The lowest BCUT2D eigenvalue weighted by Crippen LogP contribution is -2.56. The van der Waals surface area contributed by atoms with Crippen LogP contribution in [-0.4, -0.2) is 88.4 Å². The number of carboxylic acid groups (broad SMARTS) is 1. The predicted octanol–water partition coefficient (Wildman–Crippen LogP) is 4.64. The molecule has 6 N–H and O–H groups in total. The molecule has 3 amide bonds. The number of benzene rings is 2. The van der Waals surface area contributed by atoms with E-state index >= 15 is 0 Å². The Morgan fingerprint density at radius 1 is 0.742 bits per heavy atom. The molecule has 6 rings (SSSR count). The van der Waals surface area contributed by atoms with Crippen LogP contribution in [0.2, 0.25) is 0 Å². The second-order valence-electron chi connectivity index (χ2n) is 17.7. The first-order valence-electron chi connectivity index (χ1n) is 21.1. The number of hydrogen-bond acceptors (Lipinski definition) is 12. The summed E-state index contributed by atoms with van der Waals surface area (Å²) in [5.74, 6) is 0.0440. The number of fused-ring (bicyclic) bond motifs is 2. The topological polar surface area (TPSA) is 240 Å². The van der Waals surface area contributed by atoms with Crippen LogP contribution in [0.25, 0.3) is 0 Å². The molecule has 18 heteroatoms. The molecule has 0 spiro atoms. The molecule has 4 aromatic rings. The molecule has 3 atom stereocenters. The van der Waals surface area contributed by atoms with Gasteiger partial charge in [0.25, 0.3) is 0 Å². The van der Waals surface area contributed by atoms with Crippen molar-refractivity contribution in [2.45, 2.75) is 142 Å². The molecular formula is C44H62N10O8. The number of nitrogens with one attached hydrogen (secondary N) is 3. The normalized spacial score (nSPS) is 16.0. The van der Waals surface area contributed by atoms with Crippen LogP contribution in [0.3, 0.4) is 0 Å². The molecule has 2 aliphatic rings. The standard InChI is InChI=1S/C25H35N5O6.C19H27N5O2/c1-24(2,3)36-23(34)27-25(4,5)22(33)26-18(15-35-14-16-10-7-6-8-11-16)20-29-28-19-17(21(31)32)12-9-13-30(19)20;1-19(2,20)18(25)21-15(13-26-12-14-8-4-3-5-9-14)17-23-22-16-10-6-7-11-24(16)17/h6-8,10-11,17-18H,9,12-15H2,1-5H3,(H,26,33)(H,27,34)(H,31,32);3-5,8-9,15H,6-7,10-13,20H2,1-2H3,(H,21,25)/t17?,18-;15-/m11/s1. The van der Waals surface area contributed by atoms with Gasteiger partial charge in [-0.15, -0.1) is 20.4 Å². The van der Waals surface area contributed by atoms with Crippen LogP contribution in [0.4, 0.5) is 4.79 Å². The zero-order chi connectivity index (χ0) is 45.1.